The maximum Gasteiger partial charge on any atom is 0.227 e. The molecular formula is C11H22N2O2. The molecule has 15 heavy (non-hydrogen) atoms. The molecule has 88 valence electrons. The van der Waals surface area contributed by atoms with E-state index in [2.05, 4.69) is 5.32 Å². The van der Waals surface area contributed by atoms with Gasteiger partial charge in [0.2, 0.25) is 5.91 Å². The normalized spacial score (nSPS) is 28.9. The van der Waals surface area contributed by atoms with Gasteiger partial charge in [0.1, 0.15) is 0 Å². The first kappa shape index (κ1) is 12.5. The van der Waals surface area contributed by atoms with E-state index in [1.807, 2.05) is 32.7 Å². The lowest BCUT2D eigenvalue weighted by molar-refractivity contribution is -0.147. The summed E-state index contributed by atoms with van der Waals surface area (Å²) in [5.74, 6) is 0.273. The first-order chi connectivity index (χ1) is 7.07. The molecule has 0 spiro atoms. The molecule has 1 aliphatic rings. The van der Waals surface area contributed by atoms with Crippen molar-refractivity contribution in [3.05, 3.63) is 0 Å². The number of amides is 1. The number of carbonyl (C=O) groups is 1. The van der Waals surface area contributed by atoms with Crippen LogP contribution in [0.25, 0.3) is 0 Å². The van der Waals surface area contributed by atoms with Gasteiger partial charge in [0.05, 0.1) is 18.8 Å². The lowest BCUT2D eigenvalue weighted by Gasteiger charge is -2.39. The van der Waals surface area contributed by atoms with Crippen molar-refractivity contribution in [3.63, 3.8) is 0 Å². The molecule has 1 amide bonds. The lowest BCUT2D eigenvalue weighted by atomic mass is 10.1. The zero-order chi connectivity index (χ0) is 11.4. The zero-order valence-electron chi connectivity index (χ0n) is 10.1. The minimum Gasteiger partial charge on any atom is -0.375 e. The van der Waals surface area contributed by atoms with E-state index in [4.69, 9.17) is 4.74 Å². The molecule has 4 heteroatoms. The van der Waals surface area contributed by atoms with Crippen LogP contribution in [0.15, 0.2) is 0 Å². The predicted octanol–water partition coefficient (Wildman–Crippen LogP) is 0.478. The SMILES string of the molecule is CNCC(C)C(=O)N1CCOC(C)C1C. The summed E-state index contributed by atoms with van der Waals surface area (Å²) >= 11 is 0. The van der Waals surface area contributed by atoms with Gasteiger partial charge in [-0.3, -0.25) is 4.79 Å². The molecule has 0 aromatic rings. The van der Waals surface area contributed by atoms with Crippen LogP contribution in [-0.4, -0.2) is 49.7 Å². The fourth-order valence-corrected chi connectivity index (χ4v) is 1.92. The molecule has 3 unspecified atom stereocenters. The summed E-state index contributed by atoms with van der Waals surface area (Å²) < 4.78 is 5.50. The third-order valence-electron chi connectivity index (χ3n) is 3.10. The van der Waals surface area contributed by atoms with Crippen molar-refractivity contribution in [2.45, 2.75) is 32.9 Å². The van der Waals surface area contributed by atoms with E-state index >= 15 is 0 Å². The first-order valence-corrected chi connectivity index (χ1v) is 5.64. The number of carbonyl (C=O) groups excluding carboxylic acids is 1. The maximum atomic E-state index is 12.1. The Morgan fingerprint density at radius 3 is 2.87 bits per heavy atom. The topological polar surface area (TPSA) is 41.6 Å². The Balaban J connectivity index is 2.57. The molecule has 1 heterocycles. The summed E-state index contributed by atoms with van der Waals surface area (Å²) in [5.41, 5.74) is 0. The van der Waals surface area contributed by atoms with Gasteiger partial charge in [-0.1, -0.05) is 6.92 Å². The van der Waals surface area contributed by atoms with Gasteiger partial charge in [-0.25, -0.2) is 0 Å². The van der Waals surface area contributed by atoms with E-state index in [-0.39, 0.29) is 24.0 Å². The molecule has 1 rings (SSSR count). The van der Waals surface area contributed by atoms with E-state index in [0.717, 1.165) is 13.1 Å². The third kappa shape index (κ3) is 2.92. The molecule has 4 nitrogen and oxygen atoms in total. The number of morpholine rings is 1. The highest BCUT2D eigenvalue weighted by Crippen LogP contribution is 2.16. The van der Waals surface area contributed by atoms with Gasteiger partial charge in [-0.05, 0) is 20.9 Å². The minimum atomic E-state index is 0.0442. The highest BCUT2D eigenvalue weighted by atomic mass is 16.5. The molecule has 0 radical (unpaired) electrons. The second kappa shape index (κ2) is 5.47. The standard InChI is InChI=1S/C11H22N2O2/c1-8(7-12-4)11(14)13-5-6-15-10(3)9(13)2/h8-10,12H,5-7H2,1-4H3. The van der Waals surface area contributed by atoms with Crippen LogP contribution in [0.4, 0.5) is 0 Å². The van der Waals surface area contributed by atoms with Crippen LogP contribution in [0.3, 0.4) is 0 Å². The zero-order valence-corrected chi connectivity index (χ0v) is 10.1. The highest BCUT2D eigenvalue weighted by molar-refractivity contribution is 5.79. The van der Waals surface area contributed by atoms with Crippen molar-refractivity contribution in [1.29, 1.82) is 0 Å². The van der Waals surface area contributed by atoms with Crippen LogP contribution in [-0.2, 0) is 9.53 Å². The Morgan fingerprint density at radius 2 is 2.27 bits per heavy atom. The smallest absolute Gasteiger partial charge is 0.227 e. The third-order valence-corrected chi connectivity index (χ3v) is 3.10. The lowest BCUT2D eigenvalue weighted by Crippen LogP contribution is -2.53. The summed E-state index contributed by atoms with van der Waals surface area (Å²) in [5, 5.41) is 3.03. The largest absolute Gasteiger partial charge is 0.375 e. The van der Waals surface area contributed by atoms with E-state index in [9.17, 15) is 4.79 Å². The van der Waals surface area contributed by atoms with Crippen LogP contribution in [0, 0.1) is 5.92 Å². The van der Waals surface area contributed by atoms with Crippen LogP contribution >= 0.6 is 0 Å². The van der Waals surface area contributed by atoms with Gasteiger partial charge < -0.3 is 15.0 Å². The number of nitrogens with one attached hydrogen (secondary N) is 1. The average molecular weight is 214 g/mol. The Kier molecular flexibility index (Phi) is 4.54. The van der Waals surface area contributed by atoms with Crippen LogP contribution in [0.5, 0.6) is 0 Å². The Morgan fingerprint density at radius 1 is 1.60 bits per heavy atom. The molecule has 0 aromatic carbocycles. The van der Waals surface area contributed by atoms with Crippen molar-refractivity contribution in [2.24, 2.45) is 5.92 Å². The number of hydrogen-bond acceptors (Lipinski definition) is 3. The number of nitrogens with zero attached hydrogens (tertiary/aromatic N) is 1. The summed E-state index contributed by atoms with van der Waals surface area (Å²) in [7, 11) is 1.87. The number of hydrogen-bond donors (Lipinski definition) is 1. The molecule has 1 saturated heterocycles. The number of ether oxygens (including phenoxy) is 1. The minimum absolute atomic E-state index is 0.0442. The summed E-state index contributed by atoms with van der Waals surface area (Å²) in [6, 6.07) is 0.186. The van der Waals surface area contributed by atoms with E-state index in [1.165, 1.54) is 0 Å². The Bertz CT molecular complexity index is 221. The van der Waals surface area contributed by atoms with Crippen molar-refractivity contribution in [2.75, 3.05) is 26.7 Å². The van der Waals surface area contributed by atoms with Gasteiger partial charge in [-0.2, -0.15) is 0 Å². The molecule has 0 saturated carbocycles. The van der Waals surface area contributed by atoms with Crippen molar-refractivity contribution >= 4 is 5.91 Å². The van der Waals surface area contributed by atoms with Crippen LogP contribution in [0.1, 0.15) is 20.8 Å². The average Bonchev–Trinajstić information content (AvgIpc) is 2.21. The van der Waals surface area contributed by atoms with Gasteiger partial charge >= 0.3 is 0 Å². The predicted molar refractivity (Wildman–Crippen MR) is 59.7 cm³/mol. The summed E-state index contributed by atoms with van der Waals surface area (Å²) in [6.45, 7) is 8.14. The van der Waals surface area contributed by atoms with Gasteiger partial charge in [0, 0.05) is 19.0 Å². The van der Waals surface area contributed by atoms with Crippen LogP contribution in [0.2, 0.25) is 0 Å². The van der Waals surface area contributed by atoms with Crippen molar-refractivity contribution < 1.29 is 9.53 Å². The Hall–Kier alpha value is -0.610. The molecule has 1 N–H and O–H groups in total. The second-order valence-corrected chi connectivity index (χ2v) is 4.31. The number of rotatable bonds is 3. The van der Waals surface area contributed by atoms with Gasteiger partial charge in [0.25, 0.3) is 0 Å². The van der Waals surface area contributed by atoms with Gasteiger partial charge in [0.15, 0.2) is 0 Å². The fourth-order valence-electron chi connectivity index (χ4n) is 1.92. The molecule has 1 aliphatic heterocycles. The molecular weight excluding hydrogens is 192 g/mol. The molecule has 0 bridgehead atoms. The quantitative estimate of drug-likeness (QED) is 0.743. The van der Waals surface area contributed by atoms with E-state index in [1.54, 1.807) is 0 Å². The summed E-state index contributed by atoms with van der Waals surface area (Å²) in [4.78, 5) is 14.0. The maximum absolute atomic E-state index is 12.1. The van der Waals surface area contributed by atoms with Gasteiger partial charge in [-0.15, -0.1) is 0 Å². The monoisotopic (exact) mass is 214 g/mol. The molecule has 1 fully saturated rings. The van der Waals surface area contributed by atoms with E-state index in [0.29, 0.717) is 6.61 Å². The Labute approximate surface area is 92.0 Å². The first-order valence-electron chi connectivity index (χ1n) is 5.64. The molecule has 3 atom stereocenters. The molecule has 0 aromatic heterocycles. The second-order valence-electron chi connectivity index (χ2n) is 4.31. The fraction of sp³-hybridized carbons (Fsp3) is 0.909. The van der Waals surface area contributed by atoms with Crippen LogP contribution < -0.4 is 5.32 Å². The van der Waals surface area contributed by atoms with E-state index < -0.39 is 0 Å². The molecule has 0 aliphatic carbocycles. The van der Waals surface area contributed by atoms with Crippen molar-refractivity contribution in [1.82, 2.24) is 10.2 Å². The van der Waals surface area contributed by atoms with Crippen molar-refractivity contribution in [3.8, 4) is 0 Å². The highest BCUT2D eigenvalue weighted by Gasteiger charge is 2.31. The summed E-state index contributed by atoms with van der Waals surface area (Å²) in [6.07, 6.45) is 0.143.